The van der Waals surface area contributed by atoms with Crippen molar-refractivity contribution in [3.8, 4) is 0 Å². The first-order chi connectivity index (χ1) is 12.7. The highest BCUT2D eigenvalue weighted by Crippen LogP contribution is 2.19. The molecule has 0 atom stereocenters. The number of thiazole rings is 1. The third-order valence-corrected chi connectivity index (χ3v) is 5.80. The molecule has 0 N–H and O–H groups in total. The number of amides is 2. The average molecular weight is 375 g/mol. The Kier molecular flexibility index (Phi) is 5.21. The van der Waals surface area contributed by atoms with E-state index in [1.54, 1.807) is 11.3 Å². The third kappa shape index (κ3) is 3.91. The number of hydrogen-bond donors (Lipinski definition) is 0. The summed E-state index contributed by atoms with van der Waals surface area (Å²) in [4.78, 5) is 23.3. The Hall–Kier alpha value is -1.93. The molecule has 0 saturated carbocycles. The fraction of sp³-hybridized carbons (Fsp3) is 0.611. The first-order valence-electron chi connectivity index (χ1n) is 9.35. The van der Waals surface area contributed by atoms with Crippen LogP contribution in [0.3, 0.4) is 0 Å². The van der Waals surface area contributed by atoms with E-state index >= 15 is 0 Å². The molecule has 0 bridgehead atoms. The molecule has 0 radical (unpaired) electrons. The van der Waals surface area contributed by atoms with E-state index in [9.17, 15) is 4.79 Å². The lowest BCUT2D eigenvalue weighted by atomic mass is 10.3. The number of hydrogen-bond acceptors (Lipinski definition) is 5. The van der Waals surface area contributed by atoms with Crippen LogP contribution in [-0.2, 0) is 26.2 Å². The van der Waals surface area contributed by atoms with E-state index in [1.165, 1.54) is 0 Å². The molecule has 1 saturated heterocycles. The standard InChI is InChI=1S/C18H26N6OS/c1-21(14-17-19-5-10-26-17)12-15-11-16-13-23(8-4-9-24(16)20-15)18(25)22-6-2-3-7-22/h5,10-11H,2-4,6-9,12-14H2,1H3. The summed E-state index contributed by atoms with van der Waals surface area (Å²) in [7, 11) is 2.09. The Morgan fingerprint density at radius 1 is 1.15 bits per heavy atom. The van der Waals surface area contributed by atoms with Gasteiger partial charge in [0.15, 0.2) is 0 Å². The summed E-state index contributed by atoms with van der Waals surface area (Å²) >= 11 is 1.68. The van der Waals surface area contributed by atoms with Crippen molar-refractivity contribution >= 4 is 17.4 Å². The molecule has 140 valence electrons. The topological polar surface area (TPSA) is 57.5 Å². The molecule has 4 heterocycles. The first-order valence-corrected chi connectivity index (χ1v) is 10.2. The predicted octanol–water partition coefficient (Wildman–Crippen LogP) is 2.39. The second-order valence-electron chi connectivity index (χ2n) is 7.20. The van der Waals surface area contributed by atoms with Crippen molar-refractivity contribution in [3.05, 3.63) is 34.0 Å². The Morgan fingerprint density at radius 3 is 2.73 bits per heavy atom. The molecule has 0 spiro atoms. The summed E-state index contributed by atoms with van der Waals surface area (Å²) in [5, 5.41) is 7.91. The molecule has 0 unspecified atom stereocenters. The zero-order chi connectivity index (χ0) is 17.9. The monoisotopic (exact) mass is 374 g/mol. The SMILES string of the molecule is CN(Cc1cc2n(n1)CCCN(C(=O)N1CCCC1)C2)Cc1nccs1. The van der Waals surface area contributed by atoms with Crippen molar-refractivity contribution in [1.29, 1.82) is 0 Å². The number of carbonyl (C=O) groups is 1. The zero-order valence-electron chi connectivity index (χ0n) is 15.3. The second kappa shape index (κ2) is 7.75. The summed E-state index contributed by atoms with van der Waals surface area (Å²) in [5.41, 5.74) is 2.21. The number of fused-ring (bicyclic) bond motifs is 1. The maximum absolute atomic E-state index is 12.7. The lowest BCUT2D eigenvalue weighted by Crippen LogP contribution is -2.41. The van der Waals surface area contributed by atoms with Gasteiger partial charge in [0.25, 0.3) is 0 Å². The van der Waals surface area contributed by atoms with Gasteiger partial charge in [-0.2, -0.15) is 5.10 Å². The van der Waals surface area contributed by atoms with Crippen LogP contribution in [0.2, 0.25) is 0 Å². The van der Waals surface area contributed by atoms with Crippen molar-refractivity contribution in [2.45, 2.75) is 45.4 Å². The van der Waals surface area contributed by atoms with Gasteiger partial charge in [-0.15, -0.1) is 11.3 Å². The Balaban J connectivity index is 1.40. The van der Waals surface area contributed by atoms with Crippen LogP contribution in [0.25, 0.3) is 0 Å². The van der Waals surface area contributed by atoms with E-state index in [0.717, 1.165) is 74.9 Å². The average Bonchev–Trinajstić information content (AvgIpc) is 3.35. The molecule has 2 aromatic rings. The summed E-state index contributed by atoms with van der Waals surface area (Å²) < 4.78 is 2.09. The summed E-state index contributed by atoms with van der Waals surface area (Å²) in [6, 6.07) is 2.35. The van der Waals surface area contributed by atoms with Gasteiger partial charge in [-0.3, -0.25) is 9.58 Å². The van der Waals surface area contributed by atoms with Gasteiger partial charge in [0.05, 0.1) is 24.5 Å². The maximum Gasteiger partial charge on any atom is 0.320 e. The third-order valence-electron chi connectivity index (χ3n) is 5.03. The smallest absolute Gasteiger partial charge is 0.320 e. The van der Waals surface area contributed by atoms with Crippen LogP contribution in [0.15, 0.2) is 17.6 Å². The fourth-order valence-corrected chi connectivity index (χ4v) is 4.46. The van der Waals surface area contributed by atoms with Crippen molar-refractivity contribution in [1.82, 2.24) is 29.5 Å². The Bertz CT molecular complexity index is 737. The summed E-state index contributed by atoms with van der Waals surface area (Å²) in [5.74, 6) is 0. The molecule has 26 heavy (non-hydrogen) atoms. The number of rotatable bonds is 4. The summed E-state index contributed by atoms with van der Waals surface area (Å²) in [6.07, 6.45) is 5.07. The van der Waals surface area contributed by atoms with Gasteiger partial charge in [0.2, 0.25) is 0 Å². The molecule has 2 aliphatic heterocycles. The van der Waals surface area contributed by atoms with E-state index in [1.807, 2.05) is 21.4 Å². The highest BCUT2D eigenvalue weighted by atomic mass is 32.1. The van der Waals surface area contributed by atoms with Crippen LogP contribution in [0.5, 0.6) is 0 Å². The molecule has 2 amide bonds. The predicted molar refractivity (Wildman–Crippen MR) is 101 cm³/mol. The molecule has 0 aliphatic carbocycles. The Labute approximate surface area is 158 Å². The molecular weight excluding hydrogens is 348 g/mol. The van der Waals surface area contributed by atoms with Crippen LogP contribution < -0.4 is 0 Å². The van der Waals surface area contributed by atoms with Gasteiger partial charge in [-0.1, -0.05) is 0 Å². The van der Waals surface area contributed by atoms with E-state index in [4.69, 9.17) is 5.10 Å². The fourth-order valence-electron chi connectivity index (χ4n) is 3.77. The molecule has 2 aliphatic rings. The summed E-state index contributed by atoms with van der Waals surface area (Å²) in [6.45, 7) is 5.80. The van der Waals surface area contributed by atoms with Crippen LogP contribution in [0.1, 0.15) is 35.7 Å². The minimum Gasteiger partial charge on any atom is -0.325 e. The number of aryl methyl sites for hydroxylation is 1. The lowest BCUT2D eigenvalue weighted by Gasteiger charge is -2.26. The lowest BCUT2D eigenvalue weighted by molar-refractivity contribution is 0.160. The van der Waals surface area contributed by atoms with Crippen molar-refractivity contribution < 1.29 is 4.79 Å². The normalized spacial score (nSPS) is 17.6. The van der Waals surface area contributed by atoms with Crippen LogP contribution in [-0.4, -0.2) is 62.2 Å². The number of likely N-dealkylation sites (tertiary alicyclic amines) is 1. The molecule has 7 nitrogen and oxygen atoms in total. The van der Waals surface area contributed by atoms with E-state index in [2.05, 4.69) is 27.7 Å². The highest BCUT2D eigenvalue weighted by Gasteiger charge is 2.26. The van der Waals surface area contributed by atoms with Gasteiger partial charge < -0.3 is 9.80 Å². The van der Waals surface area contributed by atoms with Crippen LogP contribution in [0, 0.1) is 0 Å². The van der Waals surface area contributed by atoms with Gasteiger partial charge in [0, 0.05) is 44.3 Å². The van der Waals surface area contributed by atoms with Crippen molar-refractivity contribution in [3.63, 3.8) is 0 Å². The number of carbonyl (C=O) groups excluding carboxylic acids is 1. The van der Waals surface area contributed by atoms with Crippen molar-refractivity contribution in [2.75, 3.05) is 26.7 Å². The molecule has 8 heteroatoms. The second-order valence-corrected chi connectivity index (χ2v) is 8.18. The van der Waals surface area contributed by atoms with Crippen LogP contribution >= 0.6 is 11.3 Å². The quantitative estimate of drug-likeness (QED) is 0.825. The zero-order valence-corrected chi connectivity index (χ0v) is 16.1. The van der Waals surface area contributed by atoms with Gasteiger partial charge in [0.1, 0.15) is 5.01 Å². The number of aromatic nitrogens is 3. The van der Waals surface area contributed by atoms with Gasteiger partial charge in [-0.25, -0.2) is 9.78 Å². The maximum atomic E-state index is 12.7. The highest BCUT2D eigenvalue weighted by molar-refractivity contribution is 7.09. The first kappa shape index (κ1) is 17.5. The minimum atomic E-state index is 0.194. The van der Waals surface area contributed by atoms with E-state index in [-0.39, 0.29) is 6.03 Å². The molecular formula is C18H26N6OS. The number of urea groups is 1. The molecule has 1 fully saturated rings. The van der Waals surface area contributed by atoms with Gasteiger partial charge in [-0.05, 0) is 32.4 Å². The van der Waals surface area contributed by atoms with Crippen LogP contribution in [0.4, 0.5) is 4.79 Å². The molecule has 4 rings (SSSR count). The minimum absolute atomic E-state index is 0.194. The van der Waals surface area contributed by atoms with Crippen molar-refractivity contribution in [2.24, 2.45) is 0 Å². The largest absolute Gasteiger partial charge is 0.325 e. The Morgan fingerprint density at radius 2 is 1.96 bits per heavy atom. The van der Waals surface area contributed by atoms with E-state index < -0.39 is 0 Å². The molecule has 2 aromatic heterocycles. The van der Waals surface area contributed by atoms with E-state index in [0.29, 0.717) is 6.54 Å². The van der Waals surface area contributed by atoms with Gasteiger partial charge >= 0.3 is 6.03 Å². The molecule has 0 aromatic carbocycles. The number of nitrogens with zero attached hydrogens (tertiary/aromatic N) is 6.